The summed E-state index contributed by atoms with van der Waals surface area (Å²) in [5, 5.41) is 0. The summed E-state index contributed by atoms with van der Waals surface area (Å²) >= 11 is 0. The largest absolute Gasteiger partial charge is 0.469 e. The van der Waals surface area contributed by atoms with Crippen LogP contribution in [0.2, 0.25) is 0 Å². The minimum Gasteiger partial charge on any atom is -0.469 e. The van der Waals surface area contributed by atoms with Gasteiger partial charge in [-0.3, -0.25) is 19.2 Å². The van der Waals surface area contributed by atoms with Crippen LogP contribution >= 0.6 is 0 Å². The van der Waals surface area contributed by atoms with Crippen molar-refractivity contribution in [3.8, 4) is 0 Å². The van der Waals surface area contributed by atoms with Crippen molar-refractivity contribution in [3.05, 3.63) is 0 Å². The molecule has 0 rings (SSSR count). The first-order valence-corrected chi connectivity index (χ1v) is 4.46. The molecule has 6 heteroatoms. The Hall–Kier alpha value is -1.72. The Kier molecular flexibility index (Phi) is 93.3. The number of rotatable bonds is 4. The van der Waals surface area contributed by atoms with Gasteiger partial charge in [-0.25, -0.2) is 0 Å². The monoisotopic (exact) mass is 344 g/mol. The minimum absolute atomic E-state index is 0. The number of hydrogen-bond donors (Lipinski definition) is 0. The molecule has 0 heterocycles. The van der Waals surface area contributed by atoms with Gasteiger partial charge in [-0.05, 0) is 13.8 Å². The van der Waals surface area contributed by atoms with E-state index in [1.54, 1.807) is 0 Å². The molecule has 0 saturated heterocycles. The van der Waals surface area contributed by atoms with Crippen LogP contribution in [0.15, 0.2) is 0 Å². The summed E-state index contributed by atoms with van der Waals surface area (Å²) < 4.78 is 8.40. The average Bonchev–Trinajstić information content (AvgIpc) is 2.16. The standard InChI is InChI=1S/2C5H8O3.7CH4/c2*1-4(6)3-5(7)8-2;;;;;;;/h2*3H2,1-2H3;7*1H4. The minimum atomic E-state index is -0.475. The number of hydrogen-bond acceptors (Lipinski definition) is 6. The van der Waals surface area contributed by atoms with Gasteiger partial charge in [0.05, 0.1) is 14.2 Å². The maximum absolute atomic E-state index is 10.2. The molecule has 6 nitrogen and oxygen atoms in total. The fraction of sp³-hybridized carbons (Fsp3) is 0.765. The summed E-state index contributed by atoms with van der Waals surface area (Å²) in [6, 6.07) is 0. The zero-order valence-electron chi connectivity index (χ0n) is 9.86. The predicted molar refractivity (Wildman–Crippen MR) is 102 cm³/mol. The van der Waals surface area contributed by atoms with Crippen molar-refractivity contribution < 1.29 is 28.7 Å². The summed E-state index contributed by atoms with van der Waals surface area (Å²) in [5.74, 6) is -1.29. The topological polar surface area (TPSA) is 86.7 Å². The fourth-order valence-corrected chi connectivity index (χ4v) is 0.551. The molecule has 0 aromatic heterocycles. The van der Waals surface area contributed by atoms with Gasteiger partial charge in [0.25, 0.3) is 0 Å². The van der Waals surface area contributed by atoms with Gasteiger partial charge in [-0.1, -0.05) is 52.0 Å². The Morgan fingerprint density at radius 3 is 0.783 bits per heavy atom. The van der Waals surface area contributed by atoms with E-state index in [4.69, 9.17) is 0 Å². The molecule has 0 saturated carbocycles. The van der Waals surface area contributed by atoms with Crippen LogP contribution in [0.5, 0.6) is 0 Å². The molecule has 148 valence electrons. The highest BCUT2D eigenvalue weighted by Gasteiger charge is 2.02. The molecule has 0 atom stereocenters. The quantitative estimate of drug-likeness (QED) is 0.541. The highest BCUT2D eigenvalue weighted by molar-refractivity contribution is 5.94. The maximum atomic E-state index is 10.2. The Bertz CT molecular complexity index is 244. The summed E-state index contributed by atoms with van der Waals surface area (Å²) in [4.78, 5) is 40.6. The van der Waals surface area contributed by atoms with Crippen LogP contribution in [-0.4, -0.2) is 37.7 Å². The van der Waals surface area contributed by atoms with Crippen LogP contribution in [0.4, 0.5) is 0 Å². The van der Waals surface area contributed by atoms with Gasteiger partial charge < -0.3 is 9.47 Å². The van der Waals surface area contributed by atoms with Crippen LogP contribution in [0.1, 0.15) is 78.7 Å². The molecular formula is C17H44O6. The Morgan fingerprint density at radius 1 is 0.565 bits per heavy atom. The lowest BCUT2D eigenvalue weighted by molar-refractivity contribution is -0.144. The number of Topliss-reactive ketones (excluding diaryl/α,β-unsaturated/α-hetero) is 2. The van der Waals surface area contributed by atoms with Crippen LogP contribution in [-0.2, 0) is 28.7 Å². The molecule has 0 radical (unpaired) electrons. The van der Waals surface area contributed by atoms with E-state index >= 15 is 0 Å². The second-order valence-electron chi connectivity index (χ2n) is 2.91. The SMILES string of the molecule is C.C.C.C.C.C.C.COC(=O)CC(C)=O.COC(=O)CC(C)=O. The second-order valence-corrected chi connectivity index (χ2v) is 2.91. The number of ketones is 2. The van der Waals surface area contributed by atoms with E-state index in [1.165, 1.54) is 28.1 Å². The zero-order chi connectivity index (χ0) is 13.1. The van der Waals surface area contributed by atoms with Crippen molar-refractivity contribution in [2.75, 3.05) is 14.2 Å². The van der Waals surface area contributed by atoms with Gasteiger partial charge in [-0.15, -0.1) is 0 Å². The molecule has 0 fully saturated rings. The second kappa shape index (κ2) is 37.0. The number of carbonyl (C=O) groups excluding carboxylic acids is 4. The molecular weight excluding hydrogens is 300 g/mol. The Balaban J connectivity index is -0.0000000187. The van der Waals surface area contributed by atoms with Crippen molar-refractivity contribution in [3.63, 3.8) is 0 Å². The van der Waals surface area contributed by atoms with Crippen LogP contribution in [0.25, 0.3) is 0 Å². The molecule has 0 amide bonds. The van der Waals surface area contributed by atoms with Crippen LogP contribution < -0.4 is 0 Å². The first-order valence-electron chi connectivity index (χ1n) is 4.46. The van der Waals surface area contributed by atoms with Crippen LogP contribution in [0.3, 0.4) is 0 Å². The van der Waals surface area contributed by atoms with Crippen molar-refractivity contribution in [1.82, 2.24) is 0 Å². The number of esters is 2. The molecule has 0 aromatic carbocycles. The molecule has 0 unspecified atom stereocenters. The third-order valence-corrected chi connectivity index (χ3v) is 1.24. The Morgan fingerprint density at radius 2 is 0.739 bits per heavy atom. The van der Waals surface area contributed by atoms with Gasteiger partial charge in [0.2, 0.25) is 0 Å². The van der Waals surface area contributed by atoms with E-state index < -0.39 is 11.9 Å². The normalized spacial score (nSPS) is 5.74. The molecule has 0 bridgehead atoms. The van der Waals surface area contributed by atoms with Crippen molar-refractivity contribution in [2.45, 2.75) is 78.7 Å². The maximum Gasteiger partial charge on any atom is 0.313 e. The highest BCUT2D eigenvalue weighted by atomic mass is 16.5. The summed E-state index contributed by atoms with van der Waals surface area (Å²) in [6.45, 7) is 2.69. The molecule has 0 spiro atoms. The lowest BCUT2D eigenvalue weighted by atomic mass is 10.3. The van der Waals surface area contributed by atoms with Gasteiger partial charge in [0, 0.05) is 0 Å². The van der Waals surface area contributed by atoms with Gasteiger partial charge >= 0.3 is 11.9 Å². The van der Waals surface area contributed by atoms with Gasteiger partial charge in [0.15, 0.2) is 0 Å². The molecule has 0 N–H and O–H groups in total. The smallest absolute Gasteiger partial charge is 0.313 e. The lowest BCUT2D eigenvalue weighted by Gasteiger charge is -1.90. The van der Waals surface area contributed by atoms with E-state index in [0.29, 0.717) is 0 Å². The third kappa shape index (κ3) is 64.1. The van der Waals surface area contributed by atoms with Crippen molar-refractivity contribution >= 4 is 23.5 Å². The van der Waals surface area contributed by atoms with E-state index in [1.807, 2.05) is 0 Å². The number of ether oxygens (including phenoxy) is 2. The lowest BCUT2D eigenvalue weighted by Crippen LogP contribution is -2.05. The van der Waals surface area contributed by atoms with Crippen molar-refractivity contribution in [2.24, 2.45) is 0 Å². The van der Waals surface area contributed by atoms with E-state index in [-0.39, 0.29) is 76.4 Å². The Labute approximate surface area is 145 Å². The summed E-state index contributed by atoms with van der Waals surface area (Å²) in [5.41, 5.74) is 0. The highest BCUT2D eigenvalue weighted by Crippen LogP contribution is 1.83. The summed E-state index contributed by atoms with van der Waals surface area (Å²) in [6.07, 6.45) is -0.229. The molecule has 0 aliphatic carbocycles. The molecule has 0 aliphatic heterocycles. The number of methoxy groups -OCH3 is 2. The average molecular weight is 345 g/mol. The zero-order valence-corrected chi connectivity index (χ0v) is 9.86. The van der Waals surface area contributed by atoms with Crippen LogP contribution in [0, 0.1) is 0 Å². The number of carbonyl (C=O) groups is 4. The predicted octanol–water partition coefficient (Wildman–Crippen LogP) is 4.73. The molecule has 0 aliphatic rings. The molecule has 23 heavy (non-hydrogen) atoms. The van der Waals surface area contributed by atoms with Gasteiger partial charge in [0.1, 0.15) is 24.4 Å². The van der Waals surface area contributed by atoms with Crippen molar-refractivity contribution in [1.29, 1.82) is 0 Å². The fourth-order valence-electron chi connectivity index (χ4n) is 0.551. The first kappa shape index (κ1) is 58.0. The van der Waals surface area contributed by atoms with E-state index in [2.05, 4.69) is 9.47 Å². The van der Waals surface area contributed by atoms with E-state index in [9.17, 15) is 19.2 Å². The third-order valence-electron chi connectivity index (χ3n) is 1.24. The first-order chi connectivity index (χ1) is 7.33. The van der Waals surface area contributed by atoms with Gasteiger partial charge in [-0.2, -0.15) is 0 Å². The molecule has 0 aromatic rings. The summed E-state index contributed by atoms with van der Waals surface area (Å²) in [7, 11) is 2.51. The van der Waals surface area contributed by atoms with E-state index in [0.717, 1.165) is 0 Å².